The van der Waals surface area contributed by atoms with Crippen LogP contribution in [0.4, 0.5) is 0 Å². The van der Waals surface area contributed by atoms with E-state index in [0.29, 0.717) is 13.0 Å². The molecule has 0 saturated carbocycles. The Hall–Kier alpha value is -2.70. The van der Waals surface area contributed by atoms with Crippen LogP contribution in [0.1, 0.15) is 30.5 Å². The van der Waals surface area contributed by atoms with Crippen LogP contribution in [0.3, 0.4) is 0 Å². The zero-order valence-electron chi connectivity index (χ0n) is 17.8. The minimum atomic E-state index is -0.0875. The number of piperazine rings is 1. The molecule has 0 aliphatic carbocycles. The van der Waals surface area contributed by atoms with Crippen LogP contribution in [0.2, 0.25) is 0 Å². The van der Waals surface area contributed by atoms with Crippen LogP contribution in [0.5, 0.6) is 5.75 Å². The van der Waals surface area contributed by atoms with E-state index in [2.05, 4.69) is 28.9 Å². The smallest absolute Gasteiger partial charge is 0.257 e. The Bertz CT molecular complexity index is 874. The summed E-state index contributed by atoms with van der Waals surface area (Å²) in [5, 5.41) is 6.49. The lowest BCUT2D eigenvalue weighted by Gasteiger charge is -2.34. The first kappa shape index (κ1) is 20.6. The van der Waals surface area contributed by atoms with E-state index in [1.807, 2.05) is 42.5 Å². The quantitative estimate of drug-likeness (QED) is 0.740. The van der Waals surface area contributed by atoms with Crippen LogP contribution in [0, 0.1) is 0 Å². The molecule has 0 aromatic heterocycles. The summed E-state index contributed by atoms with van der Waals surface area (Å²) >= 11 is 0. The maximum atomic E-state index is 13.3. The monoisotopic (exact) mass is 406 g/mol. The molecule has 1 unspecified atom stereocenters. The molecule has 1 amide bonds. The van der Waals surface area contributed by atoms with Gasteiger partial charge in [0.25, 0.3) is 5.91 Å². The molecule has 30 heavy (non-hydrogen) atoms. The van der Waals surface area contributed by atoms with Gasteiger partial charge in [-0.1, -0.05) is 49.4 Å². The molecule has 2 aromatic carbocycles. The summed E-state index contributed by atoms with van der Waals surface area (Å²) < 4.78 is 5.30. The second-order valence-electron chi connectivity index (χ2n) is 7.85. The molecule has 0 spiro atoms. The van der Waals surface area contributed by atoms with Gasteiger partial charge >= 0.3 is 0 Å². The lowest BCUT2D eigenvalue weighted by molar-refractivity contribution is -0.134. The zero-order valence-corrected chi connectivity index (χ0v) is 17.8. The summed E-state index contributed by atoms with van der Waals surface area (Å²) in [6.07, 6.45) is 0.714. The molecule has 6 nitrogen and oxygen atoms in total. The van der Waals surface area contributed by atoms with E-state index in [1.165, 1.54) is 0 Å². The van der Waals surface area contributed by atoms with E-state index in [4.69, 9.17) is 9.84 Å². The van der Waals surface area contributed by atoms with Gasteiger partial charge < -0.3 is 9.64 Å². The van der Waals surface area contributed by atoms with Gasteiger partial charge in [0.1, 0.15) is 5.75 Å². The van der Waals surface area contributed by atoms with Gasteiger partial charge in [0.15, 0.2) is 0 Å². The number of likely N-dealkylation sites (N-methyl/N-ethyl adjacent to an activating group) is 1. The second kappa shape index (κ2) is 9.41. The summed E-state index contributed by atoms with van der Waals surface area (Å²) in [7, 11) is 1.66. The molecule has 0 bridgehead atoms. The minimum absolute atomic E-state index is 0.0618. The maximum absolute atomic E-state index is 13.3. The number of nitrogens with zero attached hydrogens (tertiary/aromatic N) is 4. The number of hydrogen-bond donors (Lipinski definition) is 0. The SMILES string of the molecule is CCN1CCN(CC(=O)N2N=C(c3ccccc3)CC2c2ccc(OC)cc2)CC1. The van der Waals surface area contributed by atoms with Crippen molar-refractivity contribution in [2.75, 3.05) is 46.4 Å². The van der Waals surface area contributed by atoms with E-state index in [0.717, 1.165) is 55.3 Å². The van der Waals surface area contributed by atoms with Crippen molar-refractivity contribution in [1.29, 1.82) is 0 Å². The van der Waals surface area contributed by atoms with Crippen LogP contribution in [-0.2, 0) is 4.79 Å². The lowest BCUT2D eigenvalue weighted by Crippen LogP contribution is -2.49. The zero-order chi connectivity index (χ0) is 20.9. The summed E-state index contributed by atoms with van der Waals surface area (Å²) in [5.74, 6) is 0.874. The van der Waals surface area contributed by atoms with Crippen molar-refractivity contribution in [3.63, 3.8) is 0 Å². The second-order valence-corrected chi connectivity index (χ2v) is 7.85. The minimum Gasteiger partial charge on any atom is -0.497 e. The highest BCUT2D eigenvalue weighted by molar-refractivity contribution is 6.03. The Morgan fingerprint density at radius 3 is 2.30 bits per heavy atom. The van der Waals surface area contributed by atoms with Crippen LogP contribution >= 0.6 is 0 Å². The first-order valence-corrected chi connectivity index (χ1v) is 10.7. The van der Waals surface area contributed by atoms with Crippen molar-refractivity contribution in [2.24, 2.45) is 5.10 Å². The van der Waals surface area contributed by atoms with Gasteiger partial charge in [0.05, 0.1) is 25.4 Å². The average Bonchev–Trinajstić information content (AvgIpc) is 3.26. The first-order chi connectivity index (χ1) is 14.7. The molecule has 0 radical (unpaired) electrons. The van der Waals surface area contributed by atoms with Crippen LogP contribution < -0.4 is 4.74 Å². The Kier molecular flexibility index (Phi) is 6.45. The largest absolute Gasteiger partial charge is 0.497 e. The number of amides is 1. The van der Waals surface area contributed by atoms with Crippen molar-refractivity contribution in [3.05, 3.63) is 65.7 Å². The molecule has 1 fully saturated rings. The van der Waals surface area contributed by atoms with Gasteiger partial charge in [-0.05, 0) is 29.8 Å². The molecule has 2 heterocycles. The normalized spacial score (nSPS) is 20.3. The van der Waals surface area contributed by atoms with Gasteiger partial charge in [0.2, 0.25) is 0 Å². The average molecular weight is 407 g/mol. The number of carbonyl (C=O) groups excluding carboxylic acids is 1. The van der Waals surface area contributed by atoms with E-state index < -0.39 is 0 Å². The number of hydrogen-bond acceptors (Lipinski definition) is 5. The fraction of sp³-hybridized carbons (Fsp3) is 0.417. The van der Waals surface area contributed by atoms with Gasteiger partial charge in [-0.25, -0.2) is 5.01 Å². The van der Waals surface area contributed by atoms with Crippen LogP contribution in [0.25, 0.3) is 0 Å². The van der Waals surface area contributed by atoms with Crippen molar-refractivity contribution >= 4 is 11.6 Å². The van der Waals surface area contributed by atoms with E-state index >= 15 is 0 Å². The summed E-state index contributed by atoms with van der Waals surface area (Å²) in [4.78, 5) is 18.0. The summed E-state index contributed by atoms with van der Waals surface area (Å²) in [6, 6.07) is 18.0. The van der Waals surface area contributed by atoms with Gasteiger partial charge in [-0.3, -0.25) is 9.69 Å². The third-order valence-corrected chi connectivity index (χ3v) is 6.04. The summed E-state index contributed by atoms with van der Waals surface area (Å²) in [6.45, 7) is 7.55. The predicted octanol–water partition coefficient (Wildman–Crippen LogP) is 3.01. The number of methoxy groups -OCH3 is 1. The molecular formula is C24H30N4O2. The number of ether oxygens (including phenoxy) is 1. The fourth-order valence-corrected chi connectivity index (χ4v) is 4.16. The highest BCUT2D eigenvalue weighted by atomic mass is 16.5. The topological polar surface area (TPSA) is 48.4 Å². The van der Waals surface area contributed by atoms with Crippen LogP contribution in [0.15, 0.2) is 59.7 Å². The summed E-state index contributed by atoms with van der Waals surface area (Å²) in [5.41, 5.74) is 3.11. The molecule has 4 rings (SSSR count). The fourth-order valence-electron chi connectivity index (χ4n) is 4.16. The number of rotatable bonds is 6. The van der Waals surface area contributed by atoms with E-state index in [9.17, 15) is 4.79 Å². The van der Waals surface area contributed by atoms with Crippen molar-refractivity contribution in [3.8, 4) is 5.75 Å². The Balaban J connectivity index is 1.53. The third-order valence-electron chi connectivity index (χ3n) is 6.04. The molecule has 2 aliphatic rings. The highest BCUT2D eigenvalue weighted by Gasteiger charge is 2.34. The Labute approximate surface area is 178 Å². The van der Waals surface area contributed by atoms with Gasteiger partial charge in [-0.15, -0.1) is 0 Å². The number of benzene rings is 2. The standard InChI is InChI=1S/C24H30N4O2/c1-3-26-13-15-27(16-14-26)18-24(29)28-23(20-9-11-21(30-2)12-10-20)17-22(25-28)19-7-5-4-6-8-19/h4-12,23H,3,13-18H2,1-2H3. The molecular weight excluding hydrogens is 376 g/mol. The number of hydrazone groups is 1. The van der Waals surface area contributed by atoms with Crippen LogP contribution in [-0.4, -0.2) is 72.8 Å². The lowest BCUT2D eigenvalue weighted by atomic mass is 9.98. The molecule has 0 N–H and O–H groups in total. The molecule has 6 heteroatoms. The molecule has 1 atom stereocenters. The van der Waals surface area contributed by atoms with Crippen molar-refractivity contribution < 1.29 is 9.53 Å². The first-order valence-electron chi connectivity index (χ1n) is 10.7. The molecule has 2 aliphatic heterocycles. The van der Waals surface area contributed by atoms with E-state index in [1.54, 1.807) is 12.1 Å². The highest BCUT2D eigenvalue weighted by Crippen LogP contribution is 2.33. The van der Waals surface area contributed by atoms with Gasteiger partial charge in [0, 0.05) is 32.6 Å². The van der Waals surface area contributed by atoms with Crippen molar-refractivity contribution in [1.82, 2.24) is 14.8 Å². The van der Waals surface area contributed by atoms with Gasteiger partial charge in [-0.2, -0.15) is 5.10 Å². The van der Waals surface area contributed by atoms with Crippen molar-refractivity contribution in [2.45, 2.75) is 19.4 Å². The molecule has 2 aromatic rings. The maximum Gasteiger partial charge on any atom is 0.257 e. The molecule has 158 valence electrons. The van der Waals surface area contributed by atoms with E-state index in [-0.39, 0.29) is 11.9 Å². The predicted molar refractivity (Wildman–Crippen MR) is 119 cm³/mol. The number of carbonyl (C=O) groups is 1. The molecule has 1 saturated heterocycles. The Morgan fingerprint density at radius 2 is 1.67 bits per heavy atom. The third kappa shape index (κ3) is 4.55. The Morgan fingerprint density at radius 1 is 1.00 bits per heavy atom.